The highest BCUT2D eigenvalue weighted by atomic mass is 19.1. The number of nitrogens with one attached hydrogen (secondary N) is 1. The Morgan fingerprint density at radius 3 is 2.78 bits per heavy atom. The van der Waals surface area contributed by atoms with E-state index in [9.17, 15) is 9.18 Å². The number of nitrogens with two attached hydrogens (primary N) is 1. The van der Waals surface area contributed by atoms with E-state index in [0.717, 1.165) is 12.8 Å². The molecule has 0 heterocycles. The van der Waals surface area contributed by atoms with E-state index in [1.807, 2.05) is 0 Å². The second-order valence-corrected chi connectivity index (χ2v) is 4.52. The van der Waals surface area contributed by atoms with Gasteiger partial charge in [-0.2, -0.15) is 0 Å². The Hall–Kier alpha value is -1.46. The Kier molecular flexibility index (Phi) is 4.28. The summed E-state index contributed by atoms with van der Waals surface area (Å²) in [6.45, 7) is 1.51. The number of hydrogen-bond donors (Lipinski definition) is 2. The fourth-order valence-corrected chi connectivity index (χ4v) is 1.93. The monoisotopic (exact) mass is 251 g/mol. The molecule has 0 bridgehead atoms. The van der Waals surface area contributed by atoms with E-state index in [1.54, 1.807) is 18.2 Å². The molecule has 1 aliphatic rings. The van der Waals surface area contributed by atoms with Crippen LogP contribution in [0.25, 0.3) is 0 Å². The van der Waals surface area contributed by atoms with Gasteiger partial charge >= 0.3 is 0 Å². The van der Waals surface area contributed by atoms with Crippen molar-refractivity contribution in [3.63, 3.8) is 0 Å². The summed E-state index contributed by atoms with van der Waals surface area (Å²) >= 11 is 0. The lowest BCUT2D eigenvalue weighted by Crippen LogP contribution is -2.38. The molecule has 1 saturated carbocycles. The van der Waals surface area contributed by atoms with E-state index in [1.165, 1.54) is 6.07 Å². The molecule has 0 aliphatic heterocycles. The van der Waals surface area contributed by atoms with Crippen LogP contribution in [0.15, 0.2) is 24.3 Å². The largest absolute Gasteiger partial charge is 0.329 e. The number of benzene rings is 1. The zero-order valence-electron chi connectivity index (χ0n) is 10.2. The Labute approximate surface area is 106 Å². The number of nitrogens with zero attached hydrogens (tertiary/aromatic N) is 1. The molecule has 0 radical (unpaired) electrons. The number of hydrogen-bond acceptors (Lipinski definition) is 3. The molecule has 1 aliphatic carbocycles. The minimum Gasteiger partial charge on any atom is -0.329 e. The summed E-state index contributed by atoms with van der Waals surface area (Å²) in [5, 5.41) is 2.59. The maximum Gasteiger partial charge on any atom is 0.238 e. The summed E-state index contributed by atoms with van der Waals surface area (Å²) in [7, 11) is 0. The molecule has 0 unspecified atom stereocenters. The van der Waals surface area contributed by atoms with Gasteiger partial charge in [0.25, 0.3) is 0 Å². The molecule has 1 amide bonds. The predicted molar refractivity (Wildman–Crippen MR) is 68.7 cm³/mol. The lowest BCUT2D eigenvalue weighted by Gasteiger charge is -2.20. The maximum absolute atomic E-state index is 13.4. The van der Waals surface area contributed by atoms with Crippen molar-refractivity contribution in [2.75, 3.05) is 25.0 Å². The lowest BCUT2D eigenvalue weighted by molar-refractivity contribution is -0.117. The van der Waals surface area contributed by atoms with Gasteiger partial charge < -0.3 is 11.1 Å². The highest BCUT2D eigenvalue weighted by Gasteiger charge is 2.29. The molecule has 1 aromatic carbocycles. The van der Waals surface area contributed by atoms with Gasteiger partial charge in [-0.3, -0.25) is 9.69 Å². The van der Waals surface area contributed by atoms with Gasteiger partial charge in [0.1, 0.15) is 5.82 Å². The number of amides is 1. The smallest absolute Gasteiger partial charge is 0.238 e. The Bertz CT molecular complexity index is 420. The van der Waals surface area contributed by atoms with E-state index >= 15 is 0 Å². The SMILES string of the molecule is NCCN(CC(=O)Nc1ccccc1F)C1CC1. The number of carbonyl (C=O) groups is 1. The van der Waals surface area contributed by atoms with Crippen molar-refractivity contribution in [3.05, 3.63) is 30.1 Å². The molecule has 0 spiro atoms. The van der Waals surface area contributed by atoms with Gasteiger partial charge in [0.05, 0.1) is 12.2 Å². The number of rotatable bonds is 6. The molecule has 18 heavy (non-hydrogen) atoms. The molecular formula is C13H18FN3O. The molecule has 5 heteroatoms. The zero-order valence-corrected chi connectivity index (χ0v) is 10.2. The third-order valence-electron chi connectivity index (χ3n) is 2.97. The van der Waals surface area contributed by atoms with Crippen LogP contribution in [-0.2, 0) is 4.79 Å². The minimum absolute atomic E-state index is 0.194. The van der Waals surface area contributed by atoms with Crippen molar-refractivity contribution < 1.29 is 9.18 Å². The van der Waals surface area contributed by atoms with E-state index in [2.05, 4.69) is 10.2 Å². The first-order valence-electron chi connectivity index (χ1n) is 6.19. The zero-order chi connectivity index (χ0) is 13.0. The summed E-state index contributed by atoms with van der Waals surface area (Å²) in [5.41, 5.74) is 5.74. The molecule has 3 N–H and O–H groups in total. The predicted octanol–water partition coefficient (Wildman–Crippen LogP) is 1.19. The molecule has 0 atom stereocenters. The molecule has 1 fully saturated rings. The normalized spacial score (nSPS) is 14.8. The van der Waals surface area contributed by atoms with Crippen LogP contribution in [0.4, 0.5) is 10.1 Å². The Balaban J connectivity index is 1.89. The van der Waals surface area contributed by atoms with Crippen molar-refractivity contribution in [3.8, 4) is 0 Å². The Morgan fingerprint density at radius 2 is 2.17 bits per heavy atom. The molecular weight excluding hydrogens is 233 g/mol. The molecule has 0 saturated heterocycles. The average Bonchev–Trinajstić information content (AvgIpc) is 3.16. The number of carbonyl (C=O) groups excluding carboxylic acids is 1. The van der Waals surface area contributed by atoms with Crippen molar-refractivity contribution in [2.45, 2.75) is 18.9 Å². The first kappa shape index (κ1) is 13.0. The van der Waals surface area contributed by atoms with Crippen molar-refractivity contribution in [1.29, 1.82) is 0 Å². The fraction of sp³-hybridized carbons (Fsp3) is 0.462. The molecule has 4 nitrogen and oxygen atoms in total. The fourth-order valence-electron chi connectivity index (χ4n) is 1.93. The van der Waals surface area contributed by atoms with Crippen LogP contribution in [-0.4, -0.2) is 36.5 Å². The molecule has 98 valence electrons. The first-order chi connectivity index (χ1) is 8.70. The van der Waals surface area contributed by atoms with Gasteiger partial charge in [-0.05, 0) is 25.0 Å². The van der Waals surface area contributed by atoms with Crippen LogP contribution in [0, 0.1) is 5.82 Å². The topological polar surface area (TPSA) is 58.4 Å². The third-order valence-corrected chi connectivity index (χ3v) is 2.97. The van der Waals surface area contributed by atoms with E-state index in [0.29, 0.717) is 19.1 Å². The van der Waals surface area contributed by atoms with E-state index < -0.39 is 5.82 Å². The lowest BCUT2D eigenvalue weighted by atomic mass is 10.3. The van der Waals surface area contributed by atoms with Gasteiger partial charge in [0.15, 0.2) is 0 Å². The summed E-state index contributed by atoms with van der Waals surface area (Å²) in [6.07, 6.45) is 2.24. The Morgan fingerprint density at radius 1 is 1.44 bits per heavy atom. The van der Waals surface area contributed by atoms with Crippen molar-refractivity contribution in [2.24, 2.45) is 5.73 Å². The molecule has 0 aromatic heterocycles. The average molecular weight is 251 g/mol. The summed E-state index contributed by atoms with van der Waals surface area (Å²) in [4.78, 5) is 13.9. The second kappa shape index (κ2) is 5.93. The van der Waals surface area contributed by atoms with Crippen LogP contribution >= 0.6 is 0 Å². The van der Waals surface area contributed by atoms with Crippen LogP contribution in [0.3, 0.4) is 0 Å². The highest BCUT2D eigenvalue weighted by Crippen LogP contribution is 2.26. The number of para-hydroxylation sites is 1. The van der Waals surface area contributed by atoms with Gasteiger partial charge in [0.2, 0.25) is 5.91 Å². The maximum atomic E-state index is 13.4. The van der Waals surface area contributed by atoms with Gasteiger partial charge in [-0.1, -0.05) is 12.1 Å². The summed E-state index contributed by atoms with van der Waals surface area (Å²) in [5.74, 6) is -0.608. The van der Waals surface area contributed by atoms with E-state index in [4.69, 9.17) is 5.73 Å². The summed E-state index contributed by atoms with van der Waals surface area (Å²) < 4.78 is 13.4. The third kappa shape index (κ3) is 3.51. The van der Waals surface area contributed by atoms with Gasteiger partial charge in [-0.15, -0.1) is 0 Å². The highest BCUT2D eigenvalue weighted by molar-refractivity contribution is 5.92. The van der Waals surface area contributed by atoms with Crippen LogP contribution in [0.5, 0.6) is 0 Å². The quantitative estimate of drug-likeness (QED) is 0.798. The first-order valence-corrected chi connectivity index (χ1v) is 6.19. The van der Waals surface area contributed by atoms with Crippen LogP contribution in [0.2, 0.25) is 0 Å². The van der Waals surface area contributed by atoms with E-state index in [-0.39, 0.29) is 18.1 Å². The van der Waals surface area contributed by atoms with Gasteiger partial charge in [-0.25, -0.2) is 4.39 Å². The second-order valence-electron chi connectivity index (χ2n) is 4.52. The van der Waals surface area contributed by atoms with Crippen LogP contribution in [0.1, 0.15) is 12.8 Å². The number of halogens is 1. The number of anilines is 1. The van der Waals surface area contributed by atoms with Crippen LogP contribution < -0.4 is 11.1 Å². The standard InChI is InChI=1S/C13H18FN3O/c14-11-3-1-2-4-12(11)16-13(18)9-17(8-7-15)10-5-6-10/h1-4,10H,5-9,15H2,(H,16,18). The summed E-state index contributed by atoms with van der Waals surface area (Å²) in [6, 6.07) is 6.64. The van der Waals surface area contributed by atoms with Crippen molar-refractivity contribution in [1.82, 2.24) is 4.90 Å². The molecule has 1 aromatic rings. The molecule has 2 rings (SSSR count). The van der Waals surface area contributed by atoms with Gasteiger partial charge in [0, 0.05) is 19.1 Å². The van der Waals surface area contributed by atoms with Crippen molar-refractivity contribution >= 4 is 11.6 Å². The minimum atomic E-state index is -0.414.